The van der Waals surface area contributed by atoms with Crippen molar-refractivity contribution >= 4 is 0 Å². The molecule has 0 aliphatic rings. The molecule has 1 aromatic carbocycles. The van der Waals surface area contributed by atoms with Crippen molar-refractivity contribution in [1.82, 2.24) is 4.98 Å². The zero-order chi connectivity index (χ0) is 12.1. The SMILES string of the molecule is O[C@H](CCc1ccccn1)c1cccc(F)c1. The molecule has 1 aromatic heterocycles. The molecule has 17 heavy (non-hydrogen) atoms. The summed E-state index contributed by atoms with van der Waals surface area (Å²) in [6.45, 7) is 0. The number of hydrogen-bond donors (Lipinski definition) is 1. The van der Waals surface area contributed by atoms with Gasteiger partial charge in [-0.2, -0.15) is 0 Å². The molecule has 0 saturated carbocycles. The molecule has 0 spiro atoms. The van der Waals surface area contributed by atoms with Crippen LogP contribution in [-0.4, -0.2) is 10.1 Å². The molecule has 2 nitrogen and oxygen atoms in total. The van der Waals surface area contributed by atoms with Gasteiger partial charge in [-0.3, -0.25) is 4.98 Å². The van der Waals surface area contributed by atoms with Crippen LogP contribution < -0.4 is 0 Å². The van der Waals surface area contributed by atoms with Crippen LogP contribution in [0.2, 0.25) is 0 Å². The summed E-state index contributed by atoms with van der Waals surface area (Å²) in [7, 11) is 0. The van der Waals surface area contributed by atoms with Crippen LogP contribution in [-0.2, 0) is 6.42 Å². The highest BCUT2D eigenvalue weighted by molar-refractivity contribution is 5.19. The van der Waals surface area contributed by atoms with E-state index in [1.54, 1.807) is 18.3 Å². The van der Waals surface area contributed by atoms with E-state index in [9.17, 15) is 9.50 Å². The van der Waals surface area contributed by atoms with Crippen molar-refractivity contribution < 1.29 is 9.50 Å². The Morgan fingerprint density at radius 1 is 1.18 bits per heavy atom. The van der Waals surface area contributed by atoms with Gasteiger partial charge in [0.1, 0.15) is 5.82 Å². The lowest BCUT2D eigenvalue weighted by Gasteiger charge is -2.10. The number of aryl methyl sites for hydroxylation is 1. The van der Waals surface area contributed by atoms with Gasteiger partial charge >= 0.3 is 0 Å². The van der Waals surface area contributed by atoms with E-state index < -0.39 is 6.10 Å². The second-order valence-electron chi connectivity index (χ2n) is 3.93. The molecule has 0 aliphatic heterocycles. The average Bonchev–Trinajstić information content (AvgIpc) is 2.37. The van der Waals surface area contributed by atoms with Gasteiger partial charge in [0.15, 0.2) is 0 Å². The van der Waals surface area contributed by atoms with Crippen LogP contribution in [0, 0.1) is 5.82 Å². The van der Waals surface area contributed by atoms with Crippen molar-refractivity contribution in [1.29, 1.82) is 0 Å². The monoisotopic (exact) mass is 231 g/mol. The van der Waals surface area contributed by atoms with Crippen molar-refractivity contribution in [3.05, 3.63) is 65.7 Å². The van der Waals surface area contributed by atoms with Crippen molar-refractivity contribution in [2.75, 3.05) is 0 Å². The van der Waals surface area contributed by atoms with Gasteiger partial charge in [-0.05, 0) is 42.7 Å². The fourth-order valence-corrected chi connectivity index (χ4v) is 1.71. The molecule has 1 atom stereocenters. The maximum atomic E-state index is 13.0. The molecule has 0 bridgehead atoms. The fourth-order valence-electron chi connectivity index (χ4n) is 1.71. The highest BCUT2D eigenvalue weighted by atomic mass is 19.1. The molecular formula is C14H14FNO. The van der Waals surface area contributed by atoms with Gasteiger partial charge in [0.25, 0.3) is 0 Å². The van der Waals surface area contributed by atoms with Crippen LogP contribution >= 0.6 is 0 Å². The normalized spacial score (nSPS) is 12.4. The van der Waals surface area contributed by atoms with Gasteiger partial charge in [0.05, 0.1) is 6.10 Å². The molecule has 0 fully saturated rings. The summed E-state index contributed by atoms with van der Waals surface area (Å²) in [5.41, 5.74) is 1.55. The molecule has 0 unspecified atom stereocenters. The van der Waals surface area contributed by atoms with Crippen LogP contribution in [0.1, 0.15) is 23.8 Å². The van der Waals surface area contributed by atoms with Crippen LogP contribution in [0.15, 0.2) is 48.7 Å². The minimum atomic E-state index is -0.646. The summed E-state index contributed by atoms with van der Waals surface area (Å²) < 4.78 is 13.0. The summed E-state index contributed by atoms with van der Waals surface area (Å²) in [6, 6.07) is 11.8. The Bertz CT molecular complexity index is 473. The van der Waals surface area contributed by atoms with E-state index in [2.05, 4.69) is 4.98 Å². The number of nitrogens with zero attached hydrogens (tertiary/aromatic N) is 1. The molecule has 0 saturated heterocycles. The molecule has 0 radical (unpaired) electrons. The van der Waals surface area contributed by atoms with Crippen molar-refractivity contribution in [3.63, 3.8) is 0 Å². The van der Waals surface area contributed by atoms with Crippen molar-refractivity contribution in [2.24, 2.45) is 0 Å². The molecule has 2 rings (SSSR count). The Hall–Kier alpha value is -1.74. The smallest absolute Gasteiger partial charge is 0.123 e. The van der Waals surface area contributed by atoms with Crippen molar-refractivity contribution in [2.45, 2.75) is 18.9 Å². The molecule has 0 amide bonds. The van der Waals surface area contributed by atoms with E-state index in [1.807, 2.05) is 18.2 Å². The Labute approximate surface area is 99.8 Å². The number of pyridine rings is 1. The summed E-state index contributed by atoms with van der Waals surface area (Å²) in [4.78, 5) is 4.18. The molecule has 88 valence electrons. The first-order valence-electron chi connectivity index (χ1n) is 5.59. The molecule has 3 heteroatoms. The van der Waals surface area contributed by atoms with Crippen LogP contribution in [0.5, 0.6) is 0 Å². The van der Waals surface area contributed by atoms with Gasteiger partial charge in [-0.15, -0.1) is 0 Å². The topological polar surface area (TPSA) is 33.1 Å². The lowest BCUT2D eigenvalue weighted by Crippen LogP contribution is -2.01. The Morgan fingerprint density at radius 3 is 2.76 bits per heavy atom. The summed E-state index contributed by atoms with van der Waals surface area (Å²) in [5, 5.41) is 9.91. The van der Waals surface area contributed by atoms with E-state index in [1.165, 1.54) is 12.1 Å². The van der Waals surface area contributed by atoms with Gasteiger partial charge in [0, 0.05) is 11.9 Å². The average molecular weight is 231 g/mol. The molecular weight excluding hydrogens is 217 g/mol. The third-order valence-corrected chi connectivity index (χ3v) is 2.63. The predicted octanol–water partition coefficient (Wildman–Crippen LogP) is 2.89. The predicted molar refractivity (Wildman–Crippen MR) is 63.9 cm³/mol. The molecule has 1 N–H and O–H groups in total. The van der Waals surface area contributed by atoms with Gasteiger partial charge in [-0.1, -0.05) is 18.2 Å². The van der Waals surface area contributed by atoms with Crippen molar-refractivity contribution in [3.8, 4) is 0 Å². The fraction of sp³-hybridized carbons (Fsp3) is 0.214. The van der Waals surface area contributed by atoms with Gasteiger partial charge in [0.2, 0.25) is 0 Å². The minimum absolute atomic E-state index is 0.320. The Balaban J connectivity index is 1.96. The highest BCUT2D eigenvalue weighted by Gasteiger charge is 2.08. The lowest BCUT2D eigenvalue weighted by atomic mass is 10.0. The first-order chi connectivity index (χ1) is 8.25. The number of aromatic nitrogens is 1. The minimum Gasteiger partial charge on any atom is -0.388 e. The maximum Gasteiger partial charge on any atom is 0.123 e. The number of aliphatic hydroxyl groups excluding tert-OH is 1. The Morgan fingerprint density at radius 2 is 2.06 bits per heavy atom. The second-order valence-corrected chi connectivity index (χ2v) is 3.93. The first kappa shape index (κ1) is 11.7. The van der Waals surface area contributed by atoms with Crippen LogP contribution in [0.25, 0.3) is 0 Å². The zero-order valence-corrected chi connectivity index (χ0v) is 9.38. The van der Waals surface area contributed by atoms with Crippen LogP contribution in [0.3, 0.4) is 0 Å². The number of halogens is 1. The number of rotatable bonds is 4. The van der Waals surface area contributed by atoms with Gasteiger partial charge < -0.3 is 5.11 Å². The molecule has 2 aromatic rings. The summed E-state index contributed by atoms with van der Waals surface area (Å²) >= 11 is 0. The second kappa shape index (κ2) is 5.55. The van der Waals surface area contributed by atoms with Gasteiger partial charge in [-0.25, -0.2) is 4.39 Å². The van der Waals surface area contributed by atoms with Crippen LogP contribution in [0.4, 0.5) is 4.39 Å². The first-order valence-corrected chi connectivity index (χ1v) is 5.59. The highest BCUT2D eigenvalue weighted by Crippen LogP contribution is 2.19. The Kier molecular flexibility index (Phi) is 3.83. The summed E-state index contributed by atoms with van der Waals surface area (Å²) in [6.07, 6.45) is 2.30. The third-order valence-electron chi connectivity index (χ3n) is 2.63. The van der Waals surface area contributed by atoms with E-state index in [4.69, 9.17) is 0 Å². The third kappa shape index (κ3) is 3.36. The largest absolute Gasteiger partial charge is 0.388 e. The zero-order valence-electron chi connectivity index (χ0n) is 9.38. The number of benzene rings is 1. The van der Waals surface area contributed by atoms with E-state index >= 15 is 0 Å². The quantitative estimate of drug-likeness (QED) is 0.877. The van der Waals surface area contributed by atoms with E-state index in [0.717, 1.165) is 5.69 Å². The number of aliphatic hydroxyl groups is 1. The lowest BCUT2D eigenvalue weighted by molar-refractivity contribution is 0.167. The standard InChI is InChI=1S/C14H14FNO/c15-12-5-3-4-11(10-12)14(17)8-7-13-6-1-2-9-16-13/h1-6,9-10,14,17H,7-8H2/t14-/m1/s1. The van der Waals surface area contributed by atoms with E-state index in [0.29, 0.717) is 18.4 Å². The summed E-state index contributed by atoms with van der Waals surface area (Å²) in [5.74, 6) is -0.320. The molecule has 0 aliphatic carbocycles. The number of hydrogen-bond acceptors (Lipinski definition) is 2. The van der Waals surface area contributed by atoms with E-state index in [-0.39, 0.29) is 5.82 Å². The molecule has 1 heterocycles. The maximum absolute atomic E-state index is 13.0.